The van der Waals surface area contributed by atoms with Crippen LogP contribution in [0.4, 0.5) is 5.69 Å². The van der Waals surface area contributed by atoms with E-state index in [0.717, 1.165) is 18.7 Å². The number of hydrogen-bond acceptors (Lipinski definition) is 5. The fourth-order valence-electron chi connectivity index (χ4n) is 1.87. The molecule has 0 aliphatic rings. The SMILES string of the molecule is CCS(=O)(=O)c1ccccc1NCCCc1ncn[nH]1. The Kier molecular flexibility index (Phi) is 4.73. The Balaban J connectivity index is 1.96. The van der Waals surface area contributed by atoms with Gasteiger partial charge >= 0.3 is 0 Å². The van der Waals surface area contributed by atoms with Crippen LogP contribution in [0.25, 0.3) is 0 Å². The normalized spacial score (nSPS) is 11.4. The van der Waals surface area contributed by atoms with Crippen molar-refractivity contribution in [2.24, 2.45) is 0 Å². The topological polar surface area (TPSA) is 87.7 Å². The second-order valence-corrected chi connectivity index (χ2v) is 6.61. The minimum atomic E-state index is -3.20. The maximum absolute atomic E-state index is 12.0. The molecule has 0 fully saturated rings. The minimum absolute atomic E-state index is 0.101. The number of anilines is 1. The van der Waals surface area contributed by atoms with Crippen molar-refractivity contribution in [3.8, 4) is 0 Å². The van der Waals surface area contributed by atoms with Gasteiger partial charge in [0.25, 0.3) is 0 Å². The lowest BCUT2D eigenvalue weighted by Gasteiger charge is -2.11. The first-order chi connectivity index (χ1) is 9.63. The predicted octanol–water partition coefficient (Wildman–Crippen LogP) is 1.64. The van der Waals surface area contributed by atoms with Crippen molar-refractivity contribution in [3.63, 3.8) is 0 Å². The van der Waals surface area contributed by atoms with Gasteiger partial charge in [-0.15, -0.1) is 0 Å². The summed E-state index contributed by atoms with van der Waals surface area (Å²) in [5.41, 5.74) is 0.659. The zero-order valence-electron chi connectivity index (χ0n) is 11.3. The number of nitrogens with zero attached hydrogens (tertiary/aromatic N) is 2. The molecule has 2 N–H and O–H groups in total. The van der Waals surface area contributed by atoms with E-state index in [4.69, 9.17) is 0 Å². The Morgan fingerprint density at radius 2 is 2.10 bits per heavy atom. The molecule has 0 bridgehead atoms. The Hall–Kier alpha value is -1.89. The average Bonchev–Trinajstić information content (AvgIpc) is 2.97. The summed E-state index contributed by atoms with van der Waals surface area (Å²) < 4.78 is 24.0. The van der Waals surface area contributed by atoms with Crippen LogP contribution in [0.15, 0.2) is 35.5 Å². The van der Waals surface area contributed by atoms with Crippen LogP contribution in [0.1, 0.15) is 19.2 Å². The van der Waals surface area contributed by atoms with Gasteiger partial charge in [-0.2, -0.15) is 5.10 Å². The quantitative estimate of drug-likeness (QED) is 0.758. The van der Waals surface area contributed by atoms with E-state index in [1.807, 2.05) is 6.07 Å². The van der Waals surface area contributed by atoms with Crippen molar-refractivity contribution in [2.75, 3.05) is 17.6 Å². The van der Waals surface area contributed by atoms with Gasteiger partial charge in [-0.1, -0.05) is 19.1 Å². The highest BCUT2D eigenvalue weighted by molar-refractivity contribution is 7.91. The maximum Gasteiger partial charge on any atom is 0.180 e. The molecule has 20 heavy (non-hydrogen) atoms. The Bertz CT molecular complexity index is 638. The van der Waals surface area contributed by atoms with E-state index >= 15 is 0 Å². The van der Waals surface area contributed by atoms with Crippen molar-refractivity contribution in [1.29, 1.82) is 0 Å². The number of nitrogens with one attached hydrogen (secondary N) is 2. The molecule has 7 heteroatoms. The number of benzene rings is 1. The van der Waals surface area contributed by atoms with Crippen LogP contribution >= 0.6 is 0 Å². The summed E-state index contributed by atoms with van der Waals surface area (Å²) in [6.45, 7) is 2.33. The highest BCUT2D eigenvalue weighted by atomic mass is 32.2. The summed E-state index contributed by atoms with van der Waals surface area (Å²) in [6, 6.07) is 6.99. The first-order valence-electron chi connectivity index (χ1n) is 6.53. The molecular weight excluding hydrogens is 276 g/mol. The number of para-hydroxylation sites is 1. The molecule has 0 unspecified atom stereocenters. The smallest absolute Gasteiger partial charge is 0.180 e. The molecular formula is C13H18N4O2S. The molecule has 0 atom stereocenters. The Labute approximate surface area is 118 Å². The number of sulfone groups is 1. The first-order valence-corrected chi connectivity index (χ1v) is 8.18. The summed E-state index contributed by atoms with van der Waals surface area (Å²) >= 11 is 0. The lowest BCUT2D eigenvalue weighted by Crippen LogP contribution is -2.10. The molecule has 1 aromatic carbocycles. The number of H-pyrrole nitrogens is 1. The first kappa shape index (κ1) is 14.5. The fraction of sp³-hybridized carbons (Fsp3) is 0.385. The fourth-order valence-corrected chi connectivity index (χ4v) is 2.94. The summed E-state index contributed by atoms with van der Waals surface area (Å²) in [5.74, 6) is 0.935. The van der Waals surface area contributed by atoms with Crippen LogP contribution in [-0.4, -0.2) is 35.9 Å². The number of aryl methyl sites for hydroxylation is 1. The predicted molar refractivity (Wildman–Crippen MR) is 77.4 cm³/mol. The highest BCUT2D eigenvalue weighted by Gasteiger charge is 2.15. The number of aromatic amines is 1. The van der Waals surface area contributed by atoms with Crippen molar-refractivity contribution >= 4 is 15.5 Å². The largest absolute Gasteiger partial charge is 0.384 e. The van der Waals surface area contributed by atoms with E-state index in [0.29, 0.717) is 17.1 Å². The minimum Gasteiger partial charge on any atom is -0.384 e. The Morgan fingerprint density at radius 1 is 1.30 bits per heavy atom. The third kappa shape index (κ3) is 3.57. The van der Waals surface area contributed by atoms with Gasteiger partial charge in [-0.05, 0) is 18.6 Å². The standard InChI is InChI=1S/C13H18N4O2S/c1-2-20(18,19)12-7-4-3-6-11(12)14-9-5-8-13-15-10-16-17-13/h3-4,6-7,10,14H,2,5,8-9H2,1H3,(H,15,16,17). The third-order valence-electron chi connectivity index (χ3n) is 2.97. The summed E-state index contributed by atoms with van der Waals surface area (Å²) in [7, 11) is -3.20. The molecule has 0 aliphatic carbocycles. The molecule has 0 aliphatic heterocycles. The van der Waals surface area contributed by atoms with E-state index in [9.17, 15) is 8.42 Å². The molecule has 1 aromatic heterocycles. The van der Waals surface area contributed by atoms with E-state index in [1.54, 1.807) is 25.1 Å². The zero-order valence-corrected chi connectivity index (χ0v) is 12.2. The van der Waals surface area contributed by atoms with Crippen molar-refractivity contribution < 1.29 is 8.42 Å². The van der Waals surface area contributed by atoms with Crippen molar-refractivity contribution in [1.82, 2.24) is 15.2 Å². The molecule has 0 saturated carbocycles. The lowest BCUT2D eigenvalue weighted by molar-refractivity contribution is 0.597. The van der Waals surface area contributed by atoms with Crippen molar-refractivity contribution in [2.45, 2.75) is 24.7 Å². The summed E-state index contributed by atoms with van der Waals surface area (Å²) in [5, 5.41) is 9.75. The molecule has 2 aromatic rings. The third-order valence-corrected chi connectivity index (χ3v) is 4.76. The van der Waals surface area contributed by atoms with E-state index in [-0.39, 0.29) is 5.75 Å². The van der Waals surface area contributed by atoms with Gasteiger partial charge in [0.15, 0.2) is 9.84 Å². The molecule has 0 amide bonds. The summed E-state index contributed by atoms with van der Waals surface area (Å²) in [4.78, 5) is 4.40. The molecule has 2 rings (SSSR count). The molecule has 1 heterocycles. The molecule has 0 radical (unpaired) electrons. The van der Waals surface area contributed by atoms with E-state index in [1.165, 1.54) is 6.33 Å². The van der Waals surface area contributed by atoms with Crippen molar-refractivity contribution in [3.05, 3.63) is 36.4 Å². The second kappa shape index (κ2) is 6.51. The number of rotatable bonds is 7. The average molecular weight is 294 g/mol. The van der Waals surface area contributed by atoms with Crippen LogP contribution in [0.2, 0.25) is 0 Å². The molecule has 0 spiro atoms. The molecule has 6 nitrogen and oxygen atoms in total. The highest BCUT2D eigenvalue weighted by Crippen LogP contribution is 2.21. The van der Waals surface area contributed by atoms with Crippen LogP contribution in [-0.2, 0) is 16.3 Å². The van der Waals surface area contributed by atoms with Crippen LogP contribution in [0.3, 0.4) is 0 Å². The van der Waals surface area contributed by atoms with Gasteiger partial charge in [0.05, 0.1) is 16.3 Å². The van der Waals surface area contributed by atoms with Gasteiger partial charge < -0.3 is 5.32 Å². The van der Waals surface area contributed by atoms with Crippen LogP contribution in [0.5, 0.6) is 0 Å². The zero-order chi connectivity index (χ0) is 14.4. The van der Waals surface area contributed by atoms with E-state index < -0.39 is 9.84 Å². The molecule has 108 valence electrons. The molecule has 0 saturated heterocycles. The van der Waals surface area contributed by atoms with Gasteiger partial charge in [-0.3, -0.25) is 5.10 Å². The number of aromatic nitrogens is 3. The van der Waals surface area contributed by atoms with Gasteiger partial charge in [0, 0.05) is 13.0 Å². The van der Waals surface area contributed by atoms with Gasteiger partial charge in [-0.25, -0.2) is 13.4 Å². The lowest BCUT2D eigenvalue weighted by atomic mass is 10.2. The summed E-state index contributed by atoms with van der Waals surface area (Å²) in [6.07, 6.45) is 3.09. The monoisotopic (exact) mass is 294 g/mol. The second-order valence-electron chi connectivity index (χ2n) is 4.36. The van der Waals surface area contributed by atoms with Gasteiger partial charge in [0.2, 0.25) is 0 Å². The number of hydrogen-bond donors (Lipinski definition) is 2. The van der Waals surface area contributed by atoms with E-state index in [2.05, 4.69) is 20.5 Å². The van der Waals surface area contributed by atoms with Crippen LogP contribution < -0.4 is 5.32 Å². The van der Waals surface area contributed by atoms with Gasteiger partial charge in [0.1, 0.15) is 12.2 Å². The Morgan fingerprint density at radius 3 is 2.80 bits per heavy atom. The maximum atomic E-state index is 12.0. The van der Waals surface area contributed by atoms with Crippen LogP contribution in [0, 0.1) is 0 Å².